The molecule has 9 heteroatoms. The molecular formula is C22H24F2N4O2S. The first kappa shape index (κ1) is 24.2. The lowest BCUT2D eigenvalue weighted by molar-refractivity contribution is 0.102. The number of thioether (sulfide) groups is 1. The quantitative estimate of drug-likeness (QED) is 0.366. The van der Waals surface area contributed by atoms with E-state index in [4.69, 9.17) is 16.9 Å². The lowest BCUT2D eigenvalue weighted by atomic mass is 10.0. The number of aromatic nitrogens is 1. The van der Waals surface area contributed by atoms with Gasteiger partial charge >= 0.3 is 0 Å². The molecule has 1 amide bonds. The first-order valence-electron chi connectivity index (χ1n) is 9.31. The minimum absolute atomic E-state index is 0.0540. The van der Waals surface area contributed by atoms with E-state index in [2.05, 4.69) is 21.2 Å². The van der Waals surface area contributed by atoms with E-state index in [1.807, 2.05) is 0 Å². The van der Waals surface area contributed by atoms with Crippen LogP contribution in [-0.2, 0) is 6.42 Å². The smallest absolute Gasteiger partial charge is 0.274 e. The topological polar surface area (TPSA) is 89.6 Å². The number of amides is 1. The molecule has 0 aliphatic rings. The second-order valence-corrected chi connectivity index (χ2v) is 8.62. The summed E-state index contributed by atoms with van der Waals surface area (Å²) in [4.78, 5) is 20.6. The Balaban J connectivity index is 2.20. The van der Waals surface area contributed by atoms with Crippen LogP contribution in [0.15, 0.2) is 35.5 Å². The molecule has 6 nitrogen and oxygen atoms in total. The van der Waals surface area contributed by atoms with E-state index < -0.39 is 23.1 Å². The number of hydrogen-bond donors (Lipinski definition) is 2. The largest absolute Gasteiger partial charge is 0.479 e. The van der Waals surface area contributed by atoms with E-state index in [0.29, 0.717) is 17.0 Å². The van der Waals surface area contributed by atoms with Gasteiger partial charge in [0.25, 0.3) is 5.91 Å². The Morgan fingerprint density at radius 1 is 1.45 bits per heavy atom. The van der Waals surface area contributed by atoms with Gasteiger partial charge in [-0.25, -0.2) is 13.8 Å². The van der Waals surface area contributed by atoms with Crippen LogP contribution >= 0.6 is 11.8 Å². The third kappa shape index (κ3) is 6.69. The second kappa shape index (κ2) is 10.8. The molecule has 0 spiro atoms. The van der Waals surface area contributed by atoms with Gasteiger partial charge in [-0.1, -0.05) is 17.7 Å². The van der Waals surface area contributed by atoms with E-state index in [-0.39, 0.29) is 29.5 Å². The fourth-order valence-corrected chi connectivity index (χ4v) is 3.66. The number of carbonyl (C=O) groups is 1. The van der Waals surface area contributed by atoms with Crippen LogP contribution in [0.2, 0.25) is 0 Å². The number of halogens is 2. The van der Waals surface area contributed by atoms with E-state index >= 15 is 0 Å². The van der Waals surface area contributed by atoms with E-state index in [1.165, 1.54) is 31.4 Å². The van der Waals surface area contributed by atoms with Gasteiger partial charge in [0.15, 0.2) is 5.17 Å². The lowest BCUT2D eigenvalue weighted by Crippen LogP contribution is -2.30. The molecule has 0 saturated heterocycles. The summed E-state index contributed by atoms with van der Waals surface area (Å²) in [5, 5.41) is 2.90. The maximum Gasteiger partial charge on any atom is 0.274 e. The highest BCUT2D eigenvalue weighted by molar-refractivity contribution is 8.15. The third-order valence-corrected chi connectivity index (χ3v) is 5.45. The highest BCUT2D eigenvalue weighted by Gasteiger charge is 2.29. The summed E-state index contributed by atoms with van der Waals surface area (Å²) in [7, 11) is 1.50. The number of alkyl halides is 1. The fourth-order valence-electron chi connectivity index (χ4n) is 2.78. The van der Waals surface area contributed by atoms with Crippen molar-refractivity contribution in [2.24, 2.45) is 10.7 Å². The number of terminal acetylenes is 1. The number of ether oxygens (including phenoxy) is 1. The van der Waals surface area contributed by atoms with Crippen LogP contribution in [0.1, 0.15) is 28.5 Å². The molecule has 2 rings (SSSR count). The highest BCUT2D eigenvalue weighted by atomic mass is 32.2. The number of pyridine rings is 1. The monoisotopic (exact) mass is 446 g/mol. The normalized spacial score (nSPS) is 13.2. The third-order valence-electron chi connectivity index (χ3n) is 4.31. The highest BCUT2D eigenvalue weighted by Crippen LogP contribution is 2.31. The van der Waals surface area contributed by atoms with Crippen molar-refractivity contribution in [2.75, 3.05) is 25.6 Å². The number of hydrogen-bond acceptors (Lipinski definition) is 5. The average molecular weight is 447 g/mol. The summed E-state index contributed by atoms with van der Waals surface area (Å²) in [5.74, 6) is 1.83. The van der Waals surface area contributed by atoms with Crippen molar-refractivity contribution in [1.29, 1.82) is 0 Å². The van der Waals surface area contributed by atoms with Crippen molar-refractivity contribution >= 4 is 28.5 Å². The zero-order valence-corrected chi connectivity index (χ0v) is 18.4. The van der Waals surface area contributed by atoms with Gasteiger partial charge in [-0.05, 0) is 55.7 Å². The number of nitrogens with two attached hydrogens (primary N) is 1. The van der Waals surface area contributed by atoms with Crippen LogP contribution in [0, 0.1) is 25.1 Å². The molecule has 1 aromatic heterocycles. The van der Waals surface area contributed by atoms with Gasteiger partial charge in [0.1, 0.15) is 30.5 Å². The summed E-state index contributed by atoms with van der Waals surface area (Å²) in [6.07, 6.45) is 6.61. The molecule has 0 bridgehead atoms. The number of amidine groups is 1. The minimum Gasteiger partial charge on any atom is -0.479 e. The standard InChI is InChI=1S/C22H24F2N4O2S/c1-5-8-30-17-9-14(2)19(27-12-17)20(29)28-16-6-7-18(24)15(10-16)11-22(3,13-23)31-21(25)26-4/h1,6-7,9-10,12H,8,11,13H2,2-4H3,(H2,25,26)(H,28,29)/t22-/m1/s1. The number of anilines is 1. The Hall–Kier alpha value is -3.12. The van der Waals surface area contributed by atoms with Crippen molar-refractivity contribution in [3.05, 3.63) is 53.1 Å². The summed E-state index contributed by atoms with van der Waals surface area (Å²) in [5.41, 5.74) is 7.09. The molecule has 31 heavy (non-hydrogen) atoms. The first-order valence-corrected chi connectivity index (χ1v) is 10.1. The Labute approximate surface area is 184 Å². The van der Waals surface area contributed by atoms with Gasteiger partial charge in [0.2, 0.25) is 0 Å². The Morgan fingerprint density at radius 2 is 2.19 bits per heavy atom. The van der Waals surface area contributed by atoms with Gasteiger partial charge in [0.05, 0.1) is 10.9 Å². The number of aliphatic imine (C=N–C) groups is 1. The average Bonchev–Trinajstić information content (AvgIpc) is 2.74. The van der Waals surface area contributed by atoms with Crippen LogP contribution in [0.4, 0.5) is 14.5 Å². The summed E-state index contributed by atoms with van der Waals surface area (Å²) >= 11 is 1.04. The van der Waals surface area contributed by atoms with Gasteiger partial charge in [0, 0.05) is 12.7 Å². The lowest BCUT2D eigenvalue weighted by Gasteiger charge is -2.25. The maximum atomic E-state index is 14.4. The fraction of sp³-hybridized carbons (Fsp3) is 0.318. The predicted octanol–water partition coefficient (Wildman–Crippen LogP) is 3.74. The number of carbonyl (C=O) groups excluding carboxylic acids is 1. The molecule has 1 heterocycles. The molecule has 0 radical (unpaired) electrons. The maximum absolute atomic E-state index is 14.4. The van der Waals surface area contributed by atoms with Crippen molar-refractivity contribution in [3.8, 4) is 18.1 Å². The zero-order valence-electron chi connectivity index (χ0n) is 17.5. The number of aryl methyl sites for hydroxylation is 1. The predicted molar refractivity (Wildman–Crippen MR) is 121 cm³/mol. The van der Waals surface area contributed by atoms with Crippen molar-refractivity contribution in [1.82, 2.24) is 4.98 Å². The number of nitrogens with zero attached hydrogens (tertiary/aromatic N) is 2. The second-order valence-electron chi connectivity index (χ2n) is 7.01. The molecular weight excluding hydrogens is 422 g/mol. The molecule has 164 valence electrons. The van der Waals surface area contributed by atoms with Crippen LogP contribution in [0.25, 0.3) is 0 Å². The van der Waals surface area contributed by atoms with Crippen LogP contribution in [0.5, 0.6) is 5.75 Å². The van der Waals surface area contributed by atoms with Crippen molar-refractivity contribution in [2.45, 2.75) is 25.0 Å². The van der Waals surface area contributed by atoms with Gasteiger partial charge < -0.3 is 15.8 Å². The Morgan fingerprint density at radius 3 is 2.81 bits per heavy atom. The van der Waals surface area contributed by atoms with Gasteiger partial charge in [-0.2, -0.15) is 0 Å². The van der Waals surface area contributed by atoms with E-state index in [0.717, 1.165) is 11.8 Å². The number of nitrogens with one attached hydrogen (secondary N) is 1. The Kier molecular flexibility index (Phi) is 8.39. The van der Waals surface area contributed by atoms with Crippen LogP contribution in [-0.4, -0.2) is 41.1 Å². The molecule has 0 aliphatic carbocycles. The molecule has 0 aliphatic heterocycles. The SMILES string of the molecule is C#CCOc1cnc(C(=O)Nc2ccc(F)c(C[C@](C)(CF)S/C(N)=N\C)c2)c(C)c1. The molecule has 0 unspecified atom stereocenters. The minimum atomic E-state index is -1.00. The summed E-state index contributed by atoms with van der Waals surface area (Å²) < 4.78 is 32.4. The van der Waals surface area contributed by atoms with Crippen LogP contribution in [0.3, 0.4) is 0 Å². The van der Waals surface area contributed by atoms with Gasteiger partial charge in [-0.15, -0.1) is 6.42 Å². The zero-order chi connectivity index (χ0) is 23.0. The number of benzene rings is 1. The first-order chi connectivity index (χ1) is 14.7. The van der Waals surface area contributed by atoms with Crippen molar-refractivity contribution in [3.63, 3.8) is 0 Å². The summed E-state index contributed by atoms with van der Waals surface area (Å²) in [6, 6.07) is 5.78. The molecule has 1 atom stereocenters. The van der Waals surface area contributed by atoms with Gasteiger partial charge in [-0.3, -0.25) is 9.79 Å². The van der Waals surface area contributed by atoms with Crippen LogP contribution < -0.4 is 15.8 Å². The Bertz CT molecular complexity index is 1020. The number of rotatable bonds is 8. The summed E-state index contributed by atoms with van der Waals surface area (Å²) in [6.45, 7) is 2.71. The molecule has 0 saturated carbocycles. The molecule has 2 aromatic rings. The molecule has 0 fully saturated rings. The van der Waals surface area contributed by atoms with E-state index in [1.54, 1.807) is 19.9 Å². The van der Waals surface area contributed by atoms with E-state index in [9.17, 15) is 13.6 Å². The molecule has 3 N–H and O–H groups in total. The van der Waals surface area contributed by atoms with Crippen molar-refractivity contribution < 1.29 is 18.3 Å². The molecule has 1 aromatic carbocycles.